The molecule has 2 unspecified atom stereocenters. The summed E-state index contributed by atoms with van der Waals surface area (Å²) in [4.78, 5) is 36.9. The minimum absolute atomic E-state index is 0.0420. The number of ether oxygens (including phenoxy) is 3. The van der Waals surface area contributed by atoms with Crippen LogP contribution >= 0.6 is 0 Å². The van der Waals surface area contributed by atoms with Gasteiger partial charge in [0, 0.05) is 19.3 Å². The van der Waals surface area contributed by atoms with Crippen molar-refractivity contribution >= 4 is 17.9 Å². The van der Waals surface area contributed by atoms with E-state index in [0.29, 0.717) is 19.3 Å². The second kappa shape index (κ2) is 37.3. The molecular formula is C45H88NO7+. The third-order valence-electron chi connectivity index (χ3n) is 10.5. The van der Waals surface area contributed by atoms with Crippen molar-refractivity contribution in [3.63, 3.8) is 0 Å². The molecule has 0 spiro atoms. The molecule has 53 heavy (non-hydrogen) atoms. The molecule has 0 saturated carbocycles. The lowest BCUT2D eigenvalue weighted by atomic mass is 10.0. The number of hydrogen-bond donors (Lipinski definition) is 1. The van der Waals surface area contributed by atoms with Gasteiger partial charge in [0.05, 0.1) is 34.4 Å². The van der Waals surface area contributed by atoms with Crippen LogP contribution in [0.25, 0.3) is 0 Å². The normalized spacial score (nSPS) is 12.8. The van der Waals surface area contributed by atoms with Gasteiger partial charge in [-0.05, 0) is 12.8 Å². The highest BCUT2D eigenvalue weighted by atomic mass is 16.6. The number of carbonyl (C=O) groups excluding carboxylic acids is 2. The van der Waals surface area contributed by atoms with Gasteiger partial charge in [0.15, 0.2) is 12.1 Å². The monoisotopic (exact) mass is 755 g/mol. The van der Waals surface area contributed by atoms with Crippen LogP contribution in [0.1, 0.15) is 219 Å². The van der Waals surface area contributed by atoms with Gasteiger partial charge in [0.2, 0.25) is 0 Å². The number of hydrogen-bond acceptors (Lipinski definition) is 6. The van der Waals surface area contributed by atoms with Crippen molar-refractivity contribution in [2.75, 3.05) is 41.0 Å². The predicted molar refractivity (Wildman–Crippen MR) is 220 cm³/mol. The van der Waals surface area contributed by atoms with E-state index in [-0.39, 0.29) is 36.2 Å². The summed E-state index contributed by atoms with van der Waals surface area (Å²) in [7, 11) is 5.54. The Morgan fingerprint density at radius 1 is 0.491 bits per heavy atom. The largest absolute Gasteiger partial charge is 0.477 e. The summed E-state index contributed by atoms with van der Waals surface area (Å²) >= 11 is 0. The first kappa shape index (κ1) is 51.3. The molecule has 0 saturated heterocycles. The third kappa shape index (κ3) is 35.8. The Balaban J connectivity index is 4.25. The quantitative estimate of drug-likeness (QED) is 0.0377. The second-order valence-corrected chi connectivity index (χ2v) is 16.7. The molecule has 0 rings (SSSR count). The van der Waals surface area contributed by atoms with Crippen LogP contribution in [0, 0.1) is 0 Å². The number of likely N-dealkylation sites (N-methyl/N-ethyl adjacent to an activating group) is 1. The summed E-state index contributed by atoms with van der Waals surface area (Å²) < 4.78 is 17.3. The Morgan fingerprint density at radius 3 is 1.17 bits per heavy atom. The van der Waals surface area contributed by atoms with E-state index in [1.165, 1.54) is 148 Å². The van der Waals surface area contributed by atoms with Gasteiger partial charge >= 0.3 is 17.9 Å². The number of rotatable bonds is 41. The Kier molecular flexibility index (Phi) is 36.1. The Morgan fingerprint density at radius 2 is 0.830 bits per heavy atom. The van der Waals surface area contributed by atoms with Crippen molar-refractivity contribution < 1.29 is 38.2 Å². The van der Waals surface area contributed by atoms with Crippen molar-refractivity contribution in [2.45, 2.75) is 231 Å². The van der Waals surface area contributed by atoms with Crippen LogP contribution < -0.4 is 0 Å². The van der Waals surface area contributed by atoms with E-state index < -0.39 is 18.1 Å². The minimum Gasteiger partial charge on any atom is -0.477 e. The van der Waals surface area contributed by atoms with Gasteiger partial charge < -0.3 is 23.8 Å². The minimum atomic E-state index is -0.871. The van der Waals surface area contributed by atoms with Crippen molar-refractivity contribution in [2.24, 2.45) is 0 Å². The van der Waals surface area contributed by atoms with Crippen LogP contribution in [0.2, 0.25) is 0 Å². The van der Waals surface area contributed by atoms with Crippen molar-refractivity contribution in [1.29, 1.82) is 0 Å². The van der Waals surface area contributed by atoms with Crippen LogP contribution in [0.5, 0.6) is 0 Å². The zero-order chi connectivity index (χ0) is 39.3. The first-order chi connectivity index (χ1) is 25.6. The molecule has 0 heterocycles. The molecule has 0 fully saturated rings. The van der Waals surface area contributed by atoms with E-state index in [2.05, 4.69) is 13.8 Å². The first-order valence-electron chi connectivity index (χ1n) is 22.6. The Labute approximate surface area is 327 Å². The predicted octanol–water partition coefficient (Wildman–Crippen LogP) is 12.1. The van der Waals surface area contributed by atoms with E-state index in [0.717, 1.165) is 38.5 Å². The summed E-state index contributed by atoms with van der Waals surface area (Å²) in [5.41, 5.74) is 0. The Bertz CT molecular complexity index is 843. The van der Waals surface area contributed by atoms with Gasteiger partial charge in [-0.15, -0.1) is 0 Å². The van der Waals surface area contributed by atoms with Crippen LogP contribution in [0.3, 0.4) is 0 Å². The lowest BCUT2D eigenvalue weighted by Crippen LogP contribution is -2.50. The highest BCUT2D eigenvalue weighted by Gasteiger charge is 2.31. The summed E-state index contributed by atoms with van der Waals surface area (Å²) in [5.74, 6) is -1.45. The average Bonchev–Trinajstić information content (AvgIpc) is 3.11. The number of carboxylic acid groups (broad SMARTS) is 1. The molecule has 314 valence electrons. The zero-order valence-corrected chi connectivity index (χ0v) is 35.7. The number of carboxylic acids is 1. The van der Waals surface area contributed by atoms with E-state index in [1.54, 1.807) is 0 Å². The Hall–Kier alpha value is -1.67. The first-order valence-corrected chi connectivity index (χ1v) is 22.6. The second-order valence-electron chi connectivity index (χ2n) is 16.7. The fourth-order valence-electron chi connectivity index (χ4n) is 6.98. The molecule has 0 aliphatic heterocycles. The third-order valence-corrected chi connectivity index (χ3v) is 10.5. The molecule has 0 aliphatic rings. The lowest BCUT2D eigenvalue weighted by Gasteiger charge is -2.31. The molecule has 0 radical (unpaired) electrons. The van der Waals surface area contributed by atoms with Gasteiger partial charge in [-0.3, -0.25) is 9.59 Å². The summed E-state index contributed by atoms with van der Waals surface area (Å²) in [6.07, 6.45) is 37.1. The molecule has 0 aliphatic carbocycles. The highest BCUT2D eigenvalue weighted by Crippen LogP contribution is 2.16. The van der Waals surface area contributed by atoms with Crippen LogP contribution in [-0.2, 0) is 28.6 Å². The molecule has 0 bridgehead atoms. The average molecular weight is 755 g/mol. The van der Waals surface area contributed by atoms with Gasteiger partial charge in [0.25, 0.3) is 0 Å². The van der Waals surface area contributed by atoms with Gasteiger partial charge in [0.1, 0.15) is 6.61 Å². The summed E-state index contributed by atoms with van der Waals surface area (Å²) in [6.45, 7) is 4.77. The number of esters is 2. The fourth-order valence-corrected chi connectivity index (χ4v) is 6.98. The maximum atomic E-state index is 12.7. The van der Waals surface area contributed by atoms with E-state index >= 15 is 0 Å². The van der Waals surface area contributed by atoms with Crippen molar-refractivity contribution in [1.82, 2.24) is 0 Å². The zero-order valence-electron chi connectivity index (χ0n) is 35.7. The number of carbonyl (C=O) groups is 3. The number of nitrogens with zero attached hydrogens (tertiary/aromatic N) is 1. The smallest absolute Gasteiger partial charge is 0.362 e. The van der Waals surface area contributed by atoms with E-state index in [4.69, 9.17) is 14.2 Å². The van der Waals surface area contributed by atoms with Crippen LogP contribution in [0.15, 0.2) is 0 Å². The van der Waals surface area contributed by atoms with E-state index in [9.17, 15) is 19.5 Å². The lowest BCUT2D eigenvalue weighted by molar-refractivity contribution is -0.887. The van der Waals surface area contributed by atoms with E-state index in [1.807, 2.05) is 21.1 Å². The maximum absolute atomic E-state index is 12.7. The molecule has 1 N–H and O–H groups in total. The molecular weight excluding hydrogens is 666 g/mol. The highest BCUT2D eigenvalue weighted by molar-refractivity contribution is 5.72. The molecule has 8 nitrogen and oxygen atoms in total. The van der Waals surface area contributed by atoms with Gasteiger partial charge in [-0.2, -0.15) is 0 Å². The summed E-state index contributed by atoms with van der Waals surface area (Å²) in [5, 5.41) is 9.61. The number of aliphatic carboxylic acids is 1. The van der Waals surface area contributed by atoms with Crippen LogP contribution in [-0.4, -0.2) is 80.6 Å². The van der Waals surface area contributed by atoms with Gasteiger partial charge in [-0.25, -0.2) is 4.79 Å². The molecule has 0 amide bonds. The fraction of sp³-hybridized carbons (Fsp3) is 0.933. The SMILES string of the molecule is CCCCCCCCCCCCCCCCCCCC(=O)OCC(COCCC(C(=O)O)[N+](C)(C)C)OC(=O)CCCCCCCCCCCCCC. The molecule has 0 aromatic carbocycles. The van der Waals surface area contributed by atoms with Crippen molar-refractivity contribution in [3.05, 3.63) is 0 Å². The number of quaternary nitrogens is 1. The molecule has 0 aromatic heterocycles. The molecule has 8 heteroatoms. The van der Waals surface area contributed by atoms with Gasteiger partial charge in [-0.1, -0.05) is 187 Å². The van der Waals surface area contributed by atoms with Crippen molar-refractivity contribution in [3.8, 4) is 0 Å². The summed E-state index contributed by atoms with van der Waals surface area (Å²) in [6, 6.07) is -0.607. The topological polar surface area (TPSA) is 99.1 Å². The molecule has 2 atom stereocenters. The molecule has 0 aromatic rings. The van der Waals surface area contributed by atoms with Crippen LogP contribution in [0.4, 0.5) is 0 Å². The maximum Gasteiger partial charge on any atom is 0.362 e. The standard InChI is InChI=1S/C45H87NO7/c1-6-8-10-12-14-16-18-20-21-22-23-24-26-27-29-31-33-35-43(47)52-40-41(39-51-38-37-42(45(49)50)46(3,4)5)53-44(48)36-34-32-30-28-25-19-17-15-13-11-9-7-2/h41-42H,6-40H2,1-5H3/p+1. The number of unbranched alkanes of at least 4 members (excludes halogenated alkanes) is 27.